The van der Waals surface area contributed by atoms with Crippen LogP contribution in [0.15, 0.2) is 18.2 Å². The van der Waals surface area contributed by atoms with E-state index < -0.39 is 11.9 Å². The first-order valence-electron chi connectivity index (χ1n) is 6.20. The van der Waals surface area contributed by atoms with Gasteiger partial charge in [0.05, 0.1) is 20.1 Å². The molecule has 1 fully saturated rings. The predicted octanol–water partition coefficient (Wildman–Crippen LogP) is 1.43. The van der Waals surface area contributed by atoms with Crippen LogP contribution in [0, 0.1) is 5.92 Å². The van der Waals surface area contributed by atoms with Gasteiger partial charge in [-0.15, -0.1) is 0 Å². The van der Waals surface area contributed by atoms with Crippen LogP contribution in [0.1, 0.15) is 11.5 Å². The molecule has 1 aromatic rings. The third-order valence-corrected chi connectivity index (χ3v) is 3.65. The van der Waals surface area contributed by atoms with E-state index in [0.717, 1.165) is 5.56 Å². The lowest BCUT2D eigenvalue weighted by molar-refractivity contribution is -0.141. The minimum atomic E-state index is -0.765. The van der Waals surface area contributed by atoms with Crippen LogP contribution in [0.5, 0.6) is 11.5 Å². The topological polar surface area (TPSA) is 59.0 Å². The highest BCUT2D eigenvalue weighted by Gasteiger charge is 2.38. The predicted molar refractivity (Wildman–Crippen MR) is 70.9 cm³/mol. The molecule has 1 saturated heterocycles. The molecule has 0 radical (unpaired) electrons. The summed E-state index contributed by atoms with van der Waals surface area (Å²) in [4.78, 5) is 13.4. The van der Waals surface area contributed by atoms with Gasteiger partial charge in [-0.1, -0.05) is 12.1 Å². The van der Waals surface area contributed by atoms with Crippen molar-refractivity contribution in [1.29, 1.82) is 0 Å². The van der Waals surface area contributed by atoms with Crippen LogP contribution >= 0.6 is 0 Å². The summed E-state index contributed by atoms with van der Waals surface area (Å²) in [6, 6.07) is 5.60. The lowest BCUT2D eigenvalue weighted by atomic mass is 9.88. The van der Waals surface area contributed by atoms with E-state index in [1.54, 1.807) is 14.2 Å². The van der Waals surface area contributed by atoms with E-state index in [1.807, 2.05) is 30.1 Å². The maximum absolute atomic E-state index is 11.4. The van der Waals surface area contributed by atoms with E-state index in [4.69, 9.17) is 9.47 Å². The zero-order valence-corrected chi connectivity index (χ0v) is 11.4. The van der Waals surface area contributed by atoms with Crippen molar-refractivity contribution in [3.05, 3.63) is 23.8 Å². The van der Waals surface area contributed by atoms with Crippen LogP contribution in [0.25, 0.3) is 0 Å². The van der Waals surface area contributed by atoms with Crippen LogP contribution in [-0.2, 0) is 4.79 Å². The quantitative estimate of drug-likeness (QED) is 0.892. The first-order valence-corrected chi connectivity index (χ1v) is 6.20. The Kier molecular flexibility index (Phi) is 3.95. The molecule has 19 heavy (non-hydrogen) atoms. The van der Waals surface area contributed by atoms with Crippen molar-refractivity contribution >= 4 is 5.97 Å². The van der Waals surface area contributed by atoms with Gasteiger partial charge in [-0.3, -0.25) is 4.79 Å². The summed E-state index contributed by atoms with van der Waals surface area (Å²) in [5.41, 5.74) is 0.901. The third-order valence-electron chi connectivity index (χ3n) is 3.65. The standard InChI is InChI=1S/C14H19NO4/c1-15-7-10(11(8-15)14(16)17)9-5-4-6-12(18-2)13(9)19-3/h4-6,10-11H,7-8H2,1-3H3,(H,16,17)/t10-,11+/m0/s1. The second-order valence-corrected chi connectivity index (χ2v) is 4.86. The number of hydrogen-bond acceptors (Lipinski definition) is 4. The molecule has 0 saturated carbocycles. The van der Waals surface area contributed by atoms with E-state index in [-0.39, 0.29) is 5.92 Å². The SMILES string of the molecule is COc1cccc([C@@H]2CN(C)C[C@H]2C(=O)O)c1OC. The molecule has 104 valence electrons. The van der Waals surface area contributed by atoms with E-state index in [0.29, 0.717) is 24.6 Å². The Bertz CT molecular complexity index is 475. The minimum absolute atomic E-state index is 0.0763. The number of para-hydroxylation sites is 1. The van der Waals surface area contributed by atoms with Crippen LogP contribution in [0.4, 0.5) is 0 Å². The molecular formula is C14H19NO4. The summed E-state index contributed by atoms with van der Waals surface area (Å²) in [7, 11) is 5.09. The molecule has 0 spiro atoms. The number of nitrogens with zero attached hydrogens (tertiary/aromatic N) is 1. The molecule has 2 atom stereocenters. The van der Waals surface area contributed by atoms with Crippen LogP contribution < -0.4 is 9.47 Å². The number of aliphatic carboxylic acids is 1. The van der Waals surface area contributed by atoms with Crippen molar-refractivity contribution in [3.8, 4) is 11.5 Å². The molecule has 1 aliphatic rings. The van der Waals surface area contributed by atoms with E-state index in [2.05, 4.69) is 0 Å². The first-order chi connectivity index (χ1) is 9.08. The van der Waals surface area contributed by atoms with Gasteiger partial charge >= 0.3 is 5.97 Å². The molecule has 5 nitrogen and oxygen atoms in total. The van der Waals surface area contributed by atoms with Crippen LogP contribution in [0.3, 0.4) is 0 Å². The van der Waals surface area contributed by atoms with Gasteiger partial charge in [0.2, 0.25) is 0 Å². The fourth-order valence-electron chi connectivity index (χ4n) is 2.77. The lowest BCUT2D eigenvalue weighted by Crippen LogP contribution is -2.21. The van der Waals surface area contributed by atoms with E-state index in [1.165, 1.54) is 0 Å². The summed E-state index contributed by atoms with van der Waals surface area (Å²) >= 11 is 0. The van der Waals surface area contributed by atoms with Gasteiger partial charge in [0.15, 0.2) is 11.5 Å². The highest BCUT2D eigenvalue weighted by atomic mass is 16.5. The Morgan fingerprint density at radius 1 is 1.32 bits per heavy atom. The Morgan fingerprint density at radius 3 is 2.63 bits per heavy atom. The Hall–Kier alpha value is -1.75. The maximum Gasteiger partial charge on any atom is 0.308 e. The van der Waals surface area contributed by atoms with Crippen molar-refractivity contribution < 1.29 is 19.4 Å². The molecule has 1 heterocycles. The molecule has 1 aliphatic heterocycles. The number of ether oxygens (including phenoxy) is 2. The highest BCUT2D eigenvalue weighted by Crippen LogP contribution is 2.41. The fraction of sp³-hybridized carbons (Fsp3) is 0.500. The lowest BCUT2D eigenvalue weighted by Gasteiger charge is -2.19. The molecule has 0 unspecified atom stereocenters. The molecule has 0 aromatic heterocycles. The first kappa shape index (κ1) is 13.7. The molecular weight excluding hydrogens is 246 g/mol. The van der Waals surface area contributed by atoms with Gasteiger partial charge in [-0.2, -0.15) is 0 Å². The normalized spacial score (nSPS) is 23.3. The number of likely N-dealkylation sites (tertiary alicyclic amines) is 1. The van der Waals surface area contributed by atoms with Crippen molar-refractivity contribution in [2.75, 3.05) is 34.4 Å². The number of hydrogen-bond donors (Lipinski definition) is 1. The van der Waals surface area contributed by atoms with Crippen LogP contribution in [-0.4, -0.2) is 50.3 Å². The number of rotatable bonds is 4. The molecule has 1 aromatic carbocycles. The van der Waals surface area contributed by atoms with E-state index in [9.17, 15) is 9.90 Å². The Morgan fingerprint density at radius 2 is 2.05 bits per heavy atom. The molecule has 5 heteroatoms. The number of methoxy groups -OCH3 is 2. The third kappa shape index (κ3) is 2.51. The number of benzene rings is 1. The molecule has 1 N–H and O–H groups in total. The number of carboxylic acid groups (broad SMARTS) is 1. The molecule has 2 rings (SSSR count). The van der Waals surface area contributed by atoms with Gasteiger partial charge in [0, 0.05) is 24.6 Å². The monoisotopic (exact) mass is 265 g/mol. The second-order valence-electron chi connectivity index (χ2n) is 4.86. The fourth-order valence-corrected chi connectivity index (χ4v) is 2.77. The number of likely N-dealkylation sites (N-methyl/N-ethyl adjacent to an activating group) is 1. The van der Waals surface area contributed by atoms with Crippen molar-refractivity contribution in [2.24, 2.45) is 5.92 Å². The van der Waals surface area contributed by atoms with Crippen molar-refractivity contribution in [2.45, 2.75) is 5.92 Å². The summed E-state index contributed by atoms with van der Waals surface area (Å²) in [6.45, 7) is 1.26. The maximum atomic E-state index is 11.4. The summed E-state index contributed by atoms with van der Waals surface area (Å²) in [5.74, 6) is 0.0213. The summed E-state index contributed by atoms with van der Waals surface area (Å²) < 4.78 is 10.7. The molecule has 0 bridgehead atoms. The van der Waals surface area contributed by atoms with Crippen molar-refractivity contribution in [1.82, 2.24) is 4.90 Å². The average molecular weight is 265 g/mol. The van der Waals surface area contributed by atoms with E-state index >= 15 is 0 Å². The second kappa shape index (κ2) is 5.48. The average Bonchev–Trinajstić information content (AvgIpc) is 2.79. The van der Waals surface area contributed by atoms with Crippen molar-refractivity contribution in [3.63, 3.8) is 0 Å². The van der Waals surface area contributed by atoms with Gasteiger partial charge in [0.25, 0.3) is 0 Å². The number of carboxylic acids is 1. The van der Waals surface area contributed by atoms with Gasteiger partial charge < -0.3 is 19.5 Å². The van der Waals surface area contributed by atoms with Crippen LogP contribution in [0.2, 0.25) is 0 Å². The summed E-state index contributed by atoms with van der Waals surface area (Å²) in [6.07, 6.45) is 0. The zero-order chi connectivity index (χ0) is 14.0. The highest BCUT2D eigenvalue weighted by molar-refractivity contribution is 5.73. The Labute approximate surface area is 112 Å². The molecule has 0 amide bonds. The smallest absolute Gasteiger partial charge is 0.308 e. The number of carbonyl (C=O) groups is 1. The molecule has 0 aliphatic carbocycles. The largest absolute Gasteiger partial charge is 0.493 e. The zero-order valence-electron chi connectivity index (χ0n) is 11.4. The minimum Gasteiger partial charge on any atom is -0.493 e. The summed E-state index contributed by atoms with van der Waals surface area (Å²) in [5, 5.41) is 9.35. The van der Waals surface area contributed by atoms with Gasteiger partial charge in [-0.25, -0.2) is 0 Å². The van der Waals surface area contributed by atoms with Gasteiger partial charge in [-0.05, 0) is 13.1 Å². The van der Waals surface area contributed by atoms with Gasteiger partial charge in [0.1, 0.15) is 0 Å². The Balaban J connectivity index is 2.43.